The van der Waals surface area contributed by atoms with Gasteiger partial charge in [0.2, 0.25) is 5.91 Å². The summed E-state index contributed by atoms with van der Waals surface area (Å²) in [5, 5.41) is 3.05. The Labute approximate surface area is 185 Å². The van der Waals surface area contributed by atoms with E-state index in [1.807, 2.05) is 78.2 Å². The van der Waals surface area contributed by atoms with Crippen molar-refractivity contribution in [2.24, 2.45) is 5.92 Å². The summed E-state index contributed by atoms with van der Waals surface area (Å²) in [6.45, 7) is 7.72. The molecule has 3 amide bonds. The van der Waals surface area contributed by atoms with Crippen LogP contribution in [-0.2, 0) is 17.9 Å². The highest BCUT2D eigenvalue weighted by Gasteiger charge is 2.28. The number of ether oxygens (including phenoxy) is 1. The van der Waals surface area contributed by atoms with Crippen molar-refractivity contribution >= 4 is 11.9 Å². The molecule has 1 fully saturated rings. The van der Waals surface area contributed by atoms with Gasteiger partial charge in [-0.05, 0) is 49.9 Å². The Bertz CT molecular complexity index is 827. The molecule has 1 heterocycles. The number of rotatable bonds is 8. The summed E-state index contributed by atoms with van der Waals surface area (Å²) < 4.78 is 5.76. The summed E-state index contributed by atoms with van der Waals surface area (Å²) in [5.74, 6) is 0.898. The summed E-state index contributed by atoms with van der Waals surface area (Å²) in [5.41, 5.74) is 2.15. The zero-order valence-electron chi connectivity index (χ0n) is 18.5. The number of para-hydroxylation sites is 1. The molecule has 6 nitrogen and oxygen atoms in total. The van der Waals surface area contributed by atoms with Gasteiger partial charge in [-0.25, -0.2) is 4.79 Å². The molecule has 31 heavy (non-hydrogen) atoms. The first-order valence-corrected chi connectivity index (χ1v) is 11.2. The van der Waals surface area contributed by atoms with Crippen LogP contribution in [0.1, 0.15) is 37.8 Å². The minimum absolute atomic E-state index is 0.0284. The second-order valence-electron chi connectivity index (χ2n) is 7.85. The van der Waals surface area contributed by atoms with Gasteiger partial charge in [0.05, 0.1) is 0 Å². The van der Waals surface area contributed by atoms with E-state index < -0.39 is 0 Å². The fourth-order valence-corrected chi connectivity index (χ4v) is 3.80. The minimum atomic E-state index is -0.0284. The molecule has 2 aromatic carbocycles. The number of piperidine rings is 1. The number of hydrogen-bond acceptors (Lipinski definition) is 3. The Balaban J connectivity index is 1.40. The summed E-state index contributed by atoms with van der Waals surface area (Å²) in [4.78, 5) is 28.7. The Morgan fingerprint density at radius 2 is 1.58 bits per heavy atom. The van der Waals surface area contributed by atoms with Crippen LogP contribution in [-0.4, -0.2) is 47.9 Å². The van der Waals surface area contributed by atoms with Crippen LogP contribution < -0.4 is 10.1 Å². The lowest BCUT2D eigenvalue weighted by molar-refractivity contribution is -0.126. The molecule has 1 aliphatic heterocycles. The van der Waals surface area contributed by atoms with Gasteiger partial charge in [0.25, 0.3) is 0 Å². The first-order chi connectivity index (χ1) is 15.1. The smallest absolute Gasteiger partial charge is 0.319 e. The lowest BCUT2D eigenvalue weighted by Gasteiger charge is -2.34. The second kappa shape index (κ2) is 11.4. The third-order valence-electron chi connectivity index (χ3n) is 5.81. The van der Waals surface area contributed by atoms with Crippen molar-refractivity contribution in [3.8, 4) is 5.75 Å². The highest BCUT2D eigenvalue weighted by molar-refractivity contribution is 5.79. The van der Waals surface area contributed by atoms with Gasteiger partial charge in [0, 0.05) is 38.6 Å². The predicted octanol–water partition coefficient (Wildman–Crippen LogP) is 4.06. The van der Waals surface area contributed by atoms with Crippen LogP contribution in [0.5, 0.6) is 5.75 Å². The third kappa shape index (κ3) is 6.48. The van der Waals surface area contributed by atoms with E-state index >= 15 is 0 Å². The highest BCUT2D eigenvalue weighted by Crippen LogP contribution is 2.19. The van der Waals surface area contributed by atoms with Crippen molar-refractivity contribution in [3.05, 3.63) is 65.7 Å². The van der Waals surface area contributed by atoms with Crippen LogP contribution in [0.15, 0.2) is 54.6 Å². The first kappa shape index (κ1) is 22.7. The SMILES string of the molecule is CCN(CC)C(=O)N1CCC(C(=O)NCc2ccc(COc3ccccc3)cc2)CC1. The van der Waals surface area contributed by atoms with E-state index in [4.69, 9.17) is 4.74 Å². The topological polar surface area (TPSA) is 61.9 Å². The lowest BCUT2D eigenvalue weighted by Crippen LogP contribution is -2.48. The fraction of sp³-hybridized carbons (Fsp3) is 0.440. The zero-order chi connectivity index (χ0) is 22.1. The van der Waals surface area contributed by atoms with Crippen molar-refractivity contribution in [1.29, 1.82) is 0 Å². The maximum atomic E-state index is 12.6. The average Bonchev–Trinajstić information content (AvgIpc) is 2.83. The first-order valence-electron chi connectivity index (χ1n) is 11.2. The van der Waals surface area contributed by atoms with Gasteiger partial charge in [-0.15, -0.1) is 0 Å². The number of benzene rings is 2. The predicted molar refractivity (Wildman–Crippen MR) is 122 cm³/mol. The van der Waals surface area contributed by atoms with E-state index in [2.05, 4.69) is 5.32 Å². The van der Waals surface area contributed by atoms with Gasteiger partial charge in [0.1, 0.15) is 12.4 Å². The van der Waals surface area contributed by atoms with Gasteiger partial charge in [-0.2, -0.15) is 0 Å². The van der Waals surface area contributed by atoms with Crippen molar-refractivity contribution in [1.82, 2.24) is 15.1 Å². The Kier molecular flexibility index (Phi) is 8.33. The van der Waals surface area contributed by atoms with Gasteiger partial charge in [0.15, 0.2) is 0 Å². The molecule has 0 radical (unpaired) electrons. The van der Waals surface area contributed by atoms with Crippen molar-refractivity contribution in [2.75, 3.05) is 26.2 Å². The Hall–Kier alpha value is -3.02. The third-order valence-corrected chi connectivity index (χ3v) is 5.81. The lowest BCUT2D eigenvalue weighted by atomic mass is 9.96. The van der Waals surface area contributed by atoms with Crippen LogP contribution in [0.25, 0.3) is 0 Å². The van der Waals surface area contributed by atoms with Crippen LogP contribution >= 0.6 is 0 Å². The van der Waals surface area contributed by atoms with E-state index in [1.54, 1.807) is 0 Å². The van der Waals surface area contributed by atoms with Gasteiger partial charge in [-0.3, -0.25) is 4.79 Å². The molecule has 1 saturated heterocycles. The van der Waals surface area contributed by atoms with Gasteiger partial charge < -0.3 is 19.9 Å². The number of hydrogen-bond donors (Lipinski definition) is 1. The summed E-state index contributed by atoms with van der Waals surface area (Å²) >= 11 is 0. The molecule has 3 rings (SSSR count). The van der Waals surface area contributed by atoms with E-state index in [1.165, 1.54) is 0 Å². The number of urea groups is 1. The number of amides is 3. The number of likely N-dealkylation sites (tertiary alicyclic amines) is 1. The monoisotopic (exact) mass is 423 g/mol. The molecule has 166 valence electrons. The molecule has 6 heteroatoms. The van der Waals surface area contributed by atoms with E-state index in [0.717, 1.165) is 16.9 Å². The molecule has 0 saturated carbocycles. The Morgan fingerprint density at radius 1 is 0.968 bits per heavy atom. The summed E-state index contributed by atoms with van der Waals surface area (Å²) in [7, 11) is 0. The Morgan fingerprint density at radius 3 is 2.19 bits per heavy atom. The van der Waals surface area contributed by atoms with E-state index in [9.17, 15) is 9.59 Å². The molecule has 2 aromatic rings. The average molecular weight is 424 g/mol. The van der Waals surface area contributed by atoms with Crippen molar-refractivity contribution in [2.45, 2.75) is 39.8 Å². The maximum Gasteiger partial charge on any atom is 0.319 e. The molecule has 0 bridgehead atoms. The number of carbonyl (C=O) groups excluding carboxylic acids is 2. The second-order valence-corrected chi connectivity index (χ2v) is 7.85. The zero-order valence-corrected chi connectivity index (χ0v) is 18.5. The largest absolute Gasteiger partial charge is 0.489 e. The van der Waals surface area contributed by atoms with Crippen LogP contribution in [0.4, 0.5) is 4.79 Å². The van der Waals surface area contributed by atoms with E-state index in [-0.39, 0.29) is 17.9 Å². The molecule has 0 atom stereocenters. The molecule has 1 N–H and O–H groups in total. The molecule has 0 aliphatic carbocycles. The molecule has 0 spiro atoms. The standard InChI is InChI=1S/C25H33N3O3/c1-3-27(4-2)25(30)28-16-14-22(15-17-28)24(29)26-18-20-10-12-21(13-11-20)19-31-23-8-6-5-7-9-23/h5-13,22H,3-4,14-19H2,1-2H3,(H,26,29). The van der Waals surface area contributed by atoms with Crippen molar-refractivity contribution in [3.63, 3.8) is 0 Å². The van der Waals surface area contributed by atoms with E-state index in [0.29, 0.717) is 52.2 Å². The summed E-state index contributed by atoms with van der Waals surface area (Å²) in [6.07, 6.45) is 1.43. The molecule has 0 aromatic heterocycles. The normalized spacial score (nSPS) is 14.2. The van der Waals surface area contributed by atoms with Crippen LogP contribution in [0.3, 0.4) is 0 Å². The number of nitrogens with one attached hydrogen (secondary N) is 1. The van der Waals surface area contributed by atoms with Crippen LogP contribution in [0.2, 0.25) is 0 Å². The molecular formula is C25H33N3O3. The quantitative estimate of drug-likeness (QED) is 0.697. The molecular weight excluding hydrogens is 390 g/mol. The van der Waals surface area contributed by atoms with Crippen LogP contribution in [0, 0.1) is 5.92 Å². The number of carbonyl (C=O) groups is 2. The number of nitrogens with zero attached hydrogens (tertiary/aromatic N) is 2. The van der Waals surface area contributed by atoms with Crippen molar-refractivity contribution < 1.29 is 14.3 Å². The highest BCUT2D eigenvalue weighted by atomic mass is 16.5. The summed E-state index contributed by atoms with van der Waals surface area (Å²) in [6, 6.07) is 17.9. The fourth-order valence-electron chi connectivity index (χ4n) is 3.80. The van der Waals surface area contributed by atoms with Gasteiger partial charge >= 0.3 is 6.03 Å². The minimum Gasteiger partial charge on any atom is -0.489 e. The van der Waals surface area contributed by atoms with Gasteiger partial charge in [-0.1, -0.05) is 42.5 Å². The maximum absolute atomic E-state index is 12.6. The molecule has 1 aliphatic rings. The molecule has 0 unspecified atom stereocenters.